The Kier molecular flexibility index (Phi) is 4.71. The predicted molar refractivity (Wildman–Crippen MR) is 111 cm³/mol. The molecule has 0 radical (unpaired) electrons. The number of sulfonamides is 1. The number of halogens is 1. The molecular formula is C21H17FN2O4S. The molecule has 1 aromatic heterocycles. The third kappa shape index (κ3) is 3.93. The number of carbonyl (C=O) groups is 1. The molecule has 148 valence electrons. The van der Waals surface area contributed by atoms with Gasteiger partial charge in [-0.15, -0.1) is 0 Å². The van der Waals surface area contributed by atoms with Gasteiger partial charge >= 0.3 is 0 Å². The first-order valence-electron chi connectivity index (χ1n) is 8.76. The molecule has 0 aliphatic carbocycles. The zero-order valence-electron chi connectivity index (χ0n) is 15.4. The Hall–Kier alpha value is -3.39. The summed E-state index contributed by atoms with van der Waals surface area (Å²) in [6.07, 6.45) is 0.964. The second kappa shape index (κ2) is 7.21. The van der Waals surface area contributed by atoms with Crippen LogP contribution in [0.1, 0.15) is 0 Å². The van der Waals surface area contributed by atoms with Gasteiger partial charge in [0.25, 0.3) is 0 Å². The van der Waals surface area contributed by atoms with Gasteiger partial charge in [-0.1, -0.05) is 24.3 Å². The SMILES string of the molecule is CS(=O)(=O)N(CC(=O)Nc1ccc2c(c1)oc1ccccc12)c1cccc(F)c1. The molecule has 0 spiro atoms. The van der Waals surface area contributed by atoms with E-state index in [9.17, 15) is 17.6 Å². The zero-order valence-corrected chi connectivity index (χ0v) is 16.2. The van der Waals surface area contributed by atoms with Crippen LogP contribution < -0.4 is 9.62 Å². The van der Waals surface area contributed by atoms with Crippen LogP contribution >= 0.6 is 0 Å². The van der Waals surface area contributed by atoms with Gasteiger partial charge in [0, 0.05) is 22.5 Å². The Morgan fingerprint density at radius 1 is 1.00 bits per heavy atom. The summed E-state index contributed by atoms with van der Waals surface area (Å²) in [6.45, 7) is -0.486. The van der Waals surface area contributed by atoms with Crippen molar-refractivity contribution in [2.75, 3.05) is 22.4 Å². The van der Waals surface area contributed by atoms with Crippen molar-refractivity contribution in [3.8, 4) is 0 Å². The van der Waals surface area contributed by atoms with Gasteiger partial charge in [-0.3, -0.25) is 9.10 Å². The van der Waals surface area contributed by atoms with Crippen LogP contribution in [0.25, 0.3) is 21.9 Å². The number of rotatable bonds is 5. The van der Waals surface area contributed by atoms with Crippen LogP contribution in [0.5, 0.6) is 0 Å². The minimum atomic E-state index is -3.79. The highest BCUT2D eigenvalue weighted by molar-refractivity contribution is 7.92. The van der Waals surface area contributed by atoms with E-state index in [1.54, 1.807) is 12.1 Å². The van der Waals surface area contributed by atoms with Gasteiger partial charge < -0.3 is 9.73 Å². The van der Waals surface area contributed by atoms with Crippen molar-refractivity contribution in [2.24, 2.45) is 0 Å². The van der Waals surface area contributed by atoms with E-state index in [1.807, 2.05) is 30.3 Å². The second-order valence-electron chi connectivity index (χ2n) is 6.61. The third-order valence-corrected chi connectivity index (χ3v) is 5.59. The number of nitrogens with one attached hydrogen (secondary N) is 1. The predicted octanol–water partition coefficient (Wildman–Crippen LogP) is 4.13. The maximum Gasteiger partial charge on any atom is 0.245 e. The molecule has 0 aliphatic rings. The highest BCUT2D eigenvalue weighted by Gasteiger charge is 2.21. The molecule has 0 atom stereocenters. The molecule has 4 rings (SSSR count). The maximum atomic E-state index is 13.5. The Morgan fingerprint density at radius 2 is 1.76 bits per heavy atom. The molecule has 3 aromatic carbocycles. The van der Waals surface area contributed by atoms with Crippen LogP contribution in [0.4, 0.5) is 15.8 Å². The number of anilines is 2. The highest BCUT2D eigenvalue weighted by atomic mass is 32.2. The molecule has 0 aliphatic heterocycles. The fraction of sp³-hybridized carbons (Fsp3) is 0.0952. The Bertz CT molecular complexity index is 1330. The molecule has 4 aromatic rings. The average molecular weight is 412 g/mol. The molecule has 1 amide bonds. The van der Waals surface area contributed by atoms with Crippen molar-refractivity contribution < 1.29 is 22.0 Å². The Labute approximate surface area is 166 Å². The molecule has 8 heteroatoms. The summed E-state index contributed by atoms with van der Waals surface area (Å²) in [4.78, 5) is 12.5. The number of furan rings is 1. The van der Waals surface area contributed by atoms with Gasteiger partial charge in [-0.25, -0.2) is 12.8 Å². The number of hydrogen-bond acceptors (Lipinski definition) is 4. The number of nitrogens with zero attached hydrogens (tertiary/aromatic N) is 1. The monoisotopic (exact) mass is 412 g/mol. The van der Waals surface area contributed by atoms with Crippen molar-refractivity contribution in [3.63, 3.8) is 0 Å². The lowest BCUT2D eigenvalue weighted by Gasteiger charge is -2.21. The zero-order chi connectivity index (χ0) is 20.6. The lowest BCUT2D eigenvalue weighted by molar-refractivity contribution is -0.114. The lowest BCUT2D eigenvalue weighted by atomic mass is 10.1. The van der Waals surface area contributed by atoms with Gasteiger partial charge in [0.15, 0.2) is 0 Å². The first-order valence-corrected chi connectivity index (χ1v) is 10.6. The second-order valence-corrected chi connectivity index (χ2v) is 8.51. The molecule has 0 bridgehead atoms. The van der Waals surface area contributed by atoms with E-state index < -0.39 is 28.3 Å². The molecule has 0 saturated carbocycles. The van der Waals surface area contributed by atoms with E-state index in [4.69, 9.17) is 4.42 Å². The van der Waals surface area contributed by atoms with Crippen molar-refractivity contribution in [1.29, 1.82) is 0 Å². The standard InChI is InChI=1S/C21H17FN2O4S/c1-29(26,27)24(16-6-4-5-14(22)11-16)13-21(25)23-15-9-10-18-17-7-2-3-8-19(17)28-20(18)12-15/h2-12H,13H2,1H3,(H,23,25). The summed E-state index contributed by atoms with van der Waals surface area (Å²) in [6, 6.07) is 17.9. The third-order valence-electron chi connectivity index (χ3n) is 4.45. The van der Waals surface area contributed by atoms with Crippen molar-refractivity contribution in [3.05, 3.63) is 72.5 Å². The summed E-state index contributed by atoms with van der Waals surface area (Å²) in [5.74, 6) is -1.15. The number of hydrogen-bond donors (Lipinski definition) is 1. The van der Waals surface area contributed by atoms with E-state index in [0.29, 0.717) is 11.3 Å². The molecular weight excluding hydrogens is 395 g/mol. The molecule has 1 heterocycles. The van der Waals surface area contributed by atoms with E-state index >= 15 is 0 Å². The highest BCUT2D eigenvalue weighted by Crippen LogP contribution is 2.30. The summed E-state index contributed by atoms with van der Waals surface area (Å²) in [7, 11) is -3.79. The molecule has 0 unspecified atom stereocenters. The van der Waals surface area contributed by atoms with E-state index in [2.05, 4.69) is 5.32 Å². The summed E-state index contributed by atoms with van der Waals surface area (Å²) >= 11 is 0. The number of benzene rings is 3. The number of carbonyl (C=O) groups excluding carboxylic acids is 1. The summed E-state index contributed by atoms with van der Waals surface area (Å²) < 4.78 is 44.4. The minimum absolute atomic E-state index is 0.0791. The first-order chi connectivity index (χ1) is 13.8. The molecule has 6 nitrogen and oxygen atoms in total. The summed E-state index contributed by atoms with van der Waals surface area (Å²) in [5, 5.41) is 4.55. The lowest BCUT2D eigenvalue weighted by Crippen LogP contribution is -2.37. The van der Waals surface area contributed by atoms with Crippen molar-refractivity contribution in [2.45, 2.75) is 0 Å². The number of para-hydroxylation sites is 1. The normalized spacial score (nSPS) is 11.7. The van der Waals surface area contributed by atoms with Crippen LogP contribution in [0.2, 0.25) is 0 Å². The van der Waals surface area contributed by atoms with E-state index in [1.165, 1.54) is 18.2 Å². The fourth-order valence-corrected chi connectivity index (χ4v) is 4.01. The fourth-order valence-electron chi connectivity index (χ4n) is 3.17. The topological polar surface area (TPSA) is 79.6 Å². The van der Waals surface area contributed by atoms with Crippen LogP contribution in [0, 0.1) is 5.82 Å². The maximum absolute atomic E-state index is 13.5. The van der Waals surface area contributed by atoms with Gasteiger partial charge in [0.05, 0.1) is 11.9 Å². The molecule has 1 N–H and O–H groups in total. The van der Waals surface area contributed by atoms with Crippen LogP contribution in [-0.2, 0) is 14.8 Å². The smallest absolute Gasteiger partial charge is 0.245 e. The minimum Gasteiger partial charge on any atom is -0.456 e. The quantitative estimate of drug-likeness (QED) is 0.535. The number of fused-ring (bicyclic) bond motifs is 3. The summed E-state index contributed by atoms with van der Waals surface area (Å²) in [5.41, 5.74) is 1.89. The van der Waals surface area contributed by atoms with Crippen molar-refractivity contribution >= 4 is 49.2 Å². The van der Waals surface area contributed by atoms with Crippen LogP contribution in [0.3, 0.4) is 0 Å². The molecule has 0 fully saturated rings. The van der Waals surface area contributed by atoms with Gasteiger partial charge in [-0.2, -0.15) is 0 Å². The largest absolute Gasteiger partial charge is 0.456 e. The molecule has 0 saturated heterocycles. The van der Waals surface area contributed by atoms with Gasteiger partial charge in [0.1, 0.15) is 23.5 Å². The van der Waals surface area contributed by atoms with E-state index in [-0.39, 0.29) is 5.69 Å². The van der Waals surface area contributed by atoms with Crippen LogP contribution in [0.15, 0.2) is 71.1 Å². The van der Waals surface area contributed by atoms with Gasteiger partial charge in [-0.05, 0) is 36.4 Å². The first kappa shape index (κ1) is 18.9. The average Bonchev–Trinajstić information content (AvgIpc) is 3.03. The Morgan fingerprint density at radius 3 is 2.52 bits per heavy atom. The van der Waals surface area contributed by atoms with E-state index in [0.717, 1.165) is 33.0 Å². The Balaban J connectivity index is 1.58. The van der Waals surface area contributed by atoms with Crippen LogP contribution in [-0.4, -0.2) is 27.1 Å². The van der Waals surface area contributed by atoms with Gasteiger partial charge in [0.2, 0.25) is 15.9 Å². The molecule has 29 heavy (non-hydrogen) atoms. The number of amides is 1. The van der Waals surface area contributed by atoms with Crippen molar-refractivity contribution in [1.82, 2.24) is 0 Å².